The summed E-state index contributed by atoms with van der Waals surface area (Å²) in [5, 5.41) is 3.61. The van der Waals surface area contributed by atoms with Crippen molar-refractivity contribution in [1.82, 2.24) is 10.2 Å². The fraction of sp³-hybridized carbons (Fsp3) is 0.310. The molecule has 7 nitrogen and oxygen atoms in total. The van der Waals surface area contributed by atoms with Crippen molar-refractivity contribution in [1.29, 1.82) is 0 Å². The molecule has 0 bridgehead atoms. The molecule has 0 heterocycles. The van der Waals surface area contributed by atoms with Crippen molar-refractivity contribution in [3.05, 3.63) is 99.0 Å². The summed E-state index contributed by atoms with van der Waals surface area (Å²) in [4.78, 5) is 29.1. The van der Waals surface area contributed by atoms with Crippen LogP contribution in [0.3, 0.4) is 0 Å². The summed E-state index contributed by atoms with van der Waals surface area (Å²) in [6, 6.07) is 19.9. The van der Waals surface area contributed by atoms with Crippen molar-refractivity contribution in [3.8, 4) is 0 Å². The first-order valence-corrected chi connectivity index (χ1v) is 15.6. The first-order valence-electron chi connectivity index (χ1n) is 12.6. The van der Waals surface area contributed by atoms with Gasteiger partial charge in [-0.25, -0.2) is 8.42 Å². The fourth-order valence-electron chi connectivity index (χ4n) is 4.04. The topological polar surface area (TPSA) is 86.8 Å². The lowest BCUT2D eigenvalue weighted by atomic mass is 10.0. The number of halogens is 3. The van der Waals surface area contributed by atoms with Crippen LogP contribution in [0, 0.1) is 5.92 Å². The fourth-order valence-corrected chi connectivity index (χ4v) is 5.47. The first kappa shape index (κ1) is 31.7. The van der Waals surface area contributed by atoms with Gasteiger partial charge in [-0.1, -0.05) is 97.2 Å². The van der Waals surface area contributed by atoms with Gasteiger partial charge in [-0.3, -0.25) is 13.9 Å². The van der Waals surface area contributed by atoms with Gasteiger partial charge in [0.15, 0.2) is 0 Å². The lowest BCUT2D eigenvalue weighted by Gasteiger charge is -2.34. The second kappa shape index (κ2) is 14.2. The summed E-state index contributed by atoms with van der Waals surface area (Å²) >= 11 is 18.6. The molecule has 11 heteroatoms. The van der Waals surface area contributed by atoms with Gasteiger partial charge in [-0.05, 0) is 41.3 Å². The van der Waals surface area contributed by atoms with E-state index in [1.807, 2.05) is 44.2 Å². The van der Waals surface area contributed by atoms with Crippen LogP contribution in [0.2, 0.25) is 15.1 Å². The van der Waals surface area contributed by atoms with Crippen LogP contribution in [-0.4, -0.2) is 50.5 Å². The molecule has 0 aromatic heterocycles. The number of hydrogen-bond acceptors (Lipinski definition) is 4. The molecule has 214 valence electrons. The number of sulfonamides is 1. The minimum atomic E-state index is -3.97. The van der Waals surface area contributed by atoms with Crippen LogP contribution in [0.5, 0.6) is 0 Å². The van der Waals surface area contributed by atoms with Gasteiger partial charge in [0.2, 0.25) is 21.8 Å². The van der Waals surface area contributed by atoms with E-state index in [0.29, 0.717) is 11.6 Å². The molecule has 1 N–H and O–H groups in total. The quantitative estimate of drug-likeness (QED) is 0.275. The van der Waals surface area contributed by atoms with E-state index in [0.717, 1.165) is 21.7 Å². The second-order valence-electron chi connectivity index (χ2n) is 9.84. The molecule has 0 saturated carbocycles. The van der Waals surface area contributed by atoms with Crippen molar-refractivity contribution in [2.45, 2.75) is 32.9 Å². The zero-order chi connectivity index (χ0) is 29.4. The first-order chi connectivity index (χ1) is 18.9. The molecule has 0 spiro atoms. The summed E-state index contributed by atoms with van der Waals surface area (Å²) in [5.74, 6) is -0.740. The Morgan fingerprint density at radius 1 is 0.875 bits per heavy atom. The molecule has 2 amide bonds. The molecule has 0 aliphatic heterocycles. The molecule has 0 saturated heterocycles. The molecule has 0 aliphatic carbocycles. The van der Waals surface area contributed by atoms with E-state index in [2.05, 4.69) is 5.32 Å². The Hall–Kier alpha value is -2.78. The summed E-state index contributed by atoms with van der Waals surface area (Å²) < 4.78 is 26.7. The van der Waals surface area contributed by atoms with E-state index < -0.39 is 28.5 Å². The third-order valence-corrected chi connectivity index (χ3v) is 8.29. The lowest BCUT2D eigenvalue weighted by molar-refractivity contribution is -0.140. The molecule has 0 fully saturated rings. The summed E-state index contributed by atoms with van der Waals surface area (Å²) in [5.41, 5.74) is 1.64. The number of carbonyl (C=O) groups excluding carboxylic acids is 2. The Morgan fingerprint density at radius 2 is 1.52 bits per heavy atom. The highest BCUT2D eigenvalue weighted by Crippen LogP contribution is 2.34. The Bertz CT molecular complexity index is 1420. The van der Waals surface area contributed by atoms with E-state index >= 15 is 0 Å². The third kappa shape index (κ3) is 8.86. The second-order valence-corrected chi connectivity index (χ2v) is 13.0. The monoisotopic (exact) mass is 623 g/mol. The number of nitrogens with one attached hydrogen (secondary N) is 1. The number of amides is 2. The zero-order valence-electron chi connectivity index (χ0n) is 22.5. The van der Waals surface area contributed by atoms with Gasteiger partial charge in [0, 0.05) is 24.5 Å². The molecule has 40 heavy (non-hydrogen) atoms. The van der Waals surface area contributed by atoms with Crippen molar-refractivity contribution in [3.63, 3.8) is 0 Å². The molecule has 3 aromatic carbocycles. The van der Waals surface area contributed by atoms with Crippen LogP contribution < -0.4 is 9.62 Å². The van der Waals surface area contributed by atoms with Crippen LogP contribution in [0.1, 0.15) is 25.0 Å². The van der Waals surface area contributed by atoms with Crippen LogP contribution in [0.25, 0.3) is 0 Å². The predicted octanol–water partition coefficient (Wildman–Crippen LogP) is 5.83. The summed E-state index contributed by atoms with van der Waals surface area (Å²) in [6.07, 6.45) is 1.21. The lowest BCUT2D eigenvalue weighted by Crippen LogP contribution is -2.53. The molecular weight excluding hydrogens is 593 g/mol. The Morgan fingerprint density at radius 3 is 2.12 bits per heavy atom. The SMILES string of the molecule is CC(C)CNC(=O)[C@@H](Cc1ccccc1)N(Cc1ccc(Cl)cc1)C(=O)CN(c1cccc(Cl)c1Cl)S(C)(=O)=O. The average molecular weight is 625 g/mol. The predicted molar refractivity (Wildman–Crippen MR) is 162 cm³/mol. The number of hydrogen-bond donors (Lipinski definition) is 1. The minimum Gasteiger partial charge on any atom is -0.354 e. The van der Waals surface area contributed by atoms with Crippen LogP contribution in [-0.2, 0) is 32.6 Å². The number of nitrogens with zero attached hydrogens (tertiary/aromatic N) is 2. The molecule has 1 atom stereocenters. The third-order valence-electron chi connectivity index (χ3n) is 6.10. The van der Waals surface area contributed by atoms with Gasteiger partial charge in [0.1, 0.15) is 12.6 Å². The average Bonchev–Trinajstić information content (AvgIpc) is 2.90. The van der Waals surface area contributed by atoms with Gasteiger partial charge in [0.25, 0.3) is 0 Å². The van der Waals surface area contributed by atoms with E-state index in [9.17, 15) is 18.0 Å². The number of rotatable bonds is 12. The summed E-state index contributed by atoms with van der Waals surface area (Å²) in [7, 11) is -3.97. The van der Waals surface area contributed by atoms with Crippen LogP contribution in [0.4, 0.5) is 5.69 Å². The van der Waals surface area contributed by atoms with Gasteiger partial charge >= 0.3 is 0 Å². The van der Waals surface area contributed by atoms with Gasteiger partial charge in [0.05, 0.1) is 22.0 Å². The van der Waals surface area contributed by atoms with Gasteiger partial charge in [-0.15, -0.1) is 0 Å². The molecular formula is C29H32Cl3N3O4S. The van der Waals surface area contributed by atoms with E-state index in [1.54, 1.807) is 30.3 Å². The van der Waals surface area contributed by atoms with Crippen LogP contribution >= 0.6 is 34.8 Å². The van der Waals surface area contributed by atoms with E-state index in [4.69, 9.17) is 34.8 Å². The Labute approximate surface area is 251 Å². The smallest absolute Gasteiger partial charge is 0.244 e. The summed E-state index contributed by atoms with van der Waals surface area (Å²) in [6.45, 7) is 3.82. The van der Waals surface area contributed by atoms with E-state index in [1.165, 1.54) is 17.0 Å². The van der Waals surface area contributed by atoms with E-state index in [-0.39, 0.29) is 40.5 Å². The maximum absolute atomic E-state index is 14.1. The molecule has 3 rings (SSSR count). The number of carbonyl (C=O) groups is 2. The van der Waals surface area contributed by atoms with Gasteiger partial charge in [-0.2, -0.15) is 0 Å². The van der Waals surface area contributed by atoms with Crippen molar-refractivity contribution < 1.29 is 18.0 Å². The highest BCUT2D eigenvalue weighted by atomic mass is 35.5. The zero-order valence-corrected chi connectivity index (χ0v) is 25.6. The maximum atomic E-state index is 14.1. The minimum absolute atomic E-state index is 0.00200. The van der Waals surface area contributed by atoms with Gasteiger partial charge < -0.3 is 10.2 Å². The highest BCUT2D eigenvalue weighted by Gasteiger charge is 2.33. The largest absolute Gasteiger partial charge is 0.354 e. The molecule has 3 aromatic rings. The number of anilines is 1. The molecule has 0 radical (unpaired) electrons. The molecule has 0 unspecified atom stereocenters. The Kier molecular flexibility index (Phi) is 11.3. The van der Waals surface area contributed by atoms with Crippen molar-refractivity contribution >= 4 is 62.3 Å². The van der Waals surface area contributed by atoms with Crippen LogP contribution in [0.15, 0.2) is 72.8 Å². The normalized spacial score (nSPS) is 12.2. The van der Waals surface area contributed by atoms with Crippen molar-refractivity contribution in [2.24, 2.45) is 5.92 Å². The Balaban J connectivity index is 2.07. The van der Waals surface area contributed by atoms with Crippen molar-refractivity contribution in [2.75, 3.05) is 23.7 Å². The highest BCUT2D eigenvalue weighted by molar-refractivity contribution is 7.92. The number of benzene rings is 3. The maximum Gasteiger partial charge on any atom is 0.244 e. The molecule has 0 aliphatic rings. The standard InChI is InChI=1S/C29H32Cl3N3O4S/c1-20(2)17-33-29(37)26(16-21-8-5-4-6-9-21)34(18-22-12-14-23(30)15-13-22)27(36)19-35(40(3,38)39)25-11-7-10-24(31)28(25)32/h4-15,20,26H,16-19H2,1-3H3,(H,33,37)/t26-/m1/s1.